The van der Waals surface area contributed by atoms with Crippen LogP contribution in [-0.4, -0.2) is 35.7 Å². The van der Waals surface area contributed by atoms with Gasteiger partial charge in [-0.3, -0.25) is 0 Å². The fourth-order valence-corrected chi connectivity index (χ4v) is 4.01. The maximum atomic E-state index is 12.0. The van der Waals surface area contributed by atoms with E-state index in [1.54, 1.807) is 12.1 Å². The highest BCUT2D eigenvalue weighted by molar-refractivity contribution is 6.30. The molecule has 1 amide bonds. The summed E-state index contributed by atoms with van der Waals surface area (Å²) >= 11 is 5.91. The number of piperidine rings is 1. The van der Waals surface area contributed by atoms with Crippen molar-refractivity contribution in [2.75, 3.05) is 19.6 Å². The molecule has 4 rings (SSSR count). The number of β-amino-alcohol motifs (C(OH)–C–C–N with tert-alkyl or cyclic N) is 1. The van der Waals surface area contributed by atoms with E-state index in [9.17, 15) is 9.90 Å². The average Bonchev–Trinajstić information content (AvgIpc) is 2.64. The molecule has 136 valence electrons. The predicted octanol–water partition coefficient (Wildman–Crippen LogP) is 3.47. The first kappa shape index (κ1) is 17.3. The number of aliphatic hydroxyl groups excluding tert-OH is 1. The van der Waals surface area contributed by atoms with E-state index in [4.69, 9.17) is 16.3 Å². The lowest BCUT2D eigenvalue weighted by atomic mass is 9.79. The van der Waals surface area contributed by atoms with Crippen molar-refractivity contribution in [2.24, 2.45) is 0 Å². The van der Waals surface area contributed by atoms with E-state index in [-0.39, 0.29) is 5.54 Å². The quantitative estimate of drug-likeness (QED) is 0.866. The number of nitrogens with zero attached hydrogens (tertiary/aromatic N) is 1. The van der Waals surface area contributed by atoms with Gasteiger partial charge in [0.25, 0.3) is 0 Å². The van der Waals surface area contributed by atoms with Gasteiger partial charge in [0, 0.05) is 30.2 Å². The molecule has 2 aliphatic heterocycles. The molecule has 0 aromatic heterocycles. The van der Waals surface area contributed by atoms with Gasteiger partial charge in [-0.15, -0.1) is 0 Å². The van der Waals surface area contributed by atoms with Gasteiger partial charge < -0.3 is 20.1 Å². The summed E-state index contributed by atoms with van der Waals surface area (Å²) in [6, 6.07) is 15.0. The van der Waals surface area contributed by atoms with Crippen LogP contribution in [0.1, 0.15) is 30.1 Å². The summed E-state index contributed by atoms with van der Waals surface area (Å²) < 4.78 is 5.30. The topological polar surface area (TPSA) is 61.8 Å². The maximum absolute atomic E-state index is 12.0. The van der Waals surface area contributed by atoms with Crippen molar-refractivity contribution in [2.45, 2.75) is 24.5 Å². The van der Waals surface area contributed by atoms with E-state index in [0.29, 0.717) is 17.3 Å². The second-order valence-electron chi connectivity index (χ2n) is 6.96. The summed E-state index contributed by atoms with van der Waals surface area (Å²) in [5.41, 5.74) is 1.52. The summed E-state index contributed by atoms with van der Waals surface area (Å²) in [6.07, 6.45) is 0.620. The van der Waals surface area contributed by atoms with Gasteiger partial charge in [-0.2, -0.15) is 0 Å². The molecule has 2 aromatic rings. The lowest BCUT2D eigenvalue weighted by Crippen LogP contribution is -2.56. The first-order valence-corrected chi connectivity index (χ1v) is 9.19. The van der Waals surface area contributed by atoms with Crippen molar-refractivity contribution < 1.29 is 14.6 Å². The normalized spacial score (nSPS) is 20.2. The predicted molar refractivity (Wildman–Crippen MR) is 99.4 cm³/mol. The molecule has 1 unspecified atom stereocenters. The molecule has 2 aliphatic rings. The fraction of sp³-hybridized carbons (Fsp3) is 0.350. The van der Waals surface area contributed by atoms with Crippen LogP contribution in [0.15, 0.2) is 48.5 Å². The summed E-state index contributed by atoms with van der Waals surface area (Å²) in [6.45, 7) is 2.14. The fourth-order valence-electron chi connectivity index (χ4n) is 3.89. The molecule has 1 fully saturated rings. The Morgan fingerprint density at radius 3 is 2.58 bits per heavy atom. The lowest BCUT2D eigenvalue weighted by Gasteiger charge is -2.45. The number of para-hydroxylation sites is 1. The van der Waals surface area contributed by atoms with Crippen molar-refractivity contribution in [3.63, 3.8) is 0 Å². The van der Waals surface area contributed by atoms with Crippen LogP contribution < -0.4 is 10.1 Å². The SMILES string of the molecule is O=C1NC2(CCN(CC(O)c3ccc(Cl)cc3)CC2)c2ccccc2O1. The number of rotatable bonds is 3. The monoisotopic (exact) mass is 372 g/mol. The summed E-state index contributed by atoms with van der Waals surface area (Å²) in [4.78, 5) is 14.2. The zero-order valence-corrected chi connectivity index (χ0v) is 15.1. The van der Waals surface area contributed by atoms with Crippen molar-refractivity contribution in [1.29, 1.82) is 0 Å². The van der Waals surface area contributed by atoms with Crippen molar-refractivity contribution in [3.05, 3.63) is 64.7 Å². The first-order valence-electron chi connectivity index (χ1n) is 8.81. The number of likely N-dealkylation sites (tertiary alicyclic amines) is 1. The number of halogens is 1. The number of aliphatic hydroxyl groups is 1. The maximum Gasteiger partial charge on any atom is 0.413 e. The second kappa shape index (κ2) is 6.91. The summed E-state index contributed by atoms with van der Waals surface area (Å²) in [7, 11) is 0. The lowest BCUT2D eigenvalue weighted by molar-refractivity contribution is 0.0671. The van der Waals surface area contributed by atoms with E-state index in [1.165, 1.54) is 0 Å². The molecular weight excluding hydrogens is 352 g/mol. The van der Waals surface area contributed by atoms with E-state index < -0.39 is 12.2 Å². The molecule has 0 bridgehead atoms. The average molecular weight is 373 g/mol. The van der Waals surface area contributed by atoms with Gasteiger partial charge in [0.15, 0.2) is 0 Å². The Labute approximate surface area is 157 Å². The number of hydrogen-bond acceptors (Lipinski definition) is 4. The molecule has 2 heterocycles. The van der Waals surface area contributed by atoms with Crippen LogP contribution in [0.4, 0.5) is 4.79 Å². The number of amides is 1. The highest BCUT2D eigenvalue weighted by Crippen LogP contribution is 2.41. The Bertz CT molecular complexity index is 801. The van der Waals surface area contributed by atoms with E-state index >= 15 is 0 Å². The number of nitrogens with one attached hydrogen (secondary N) is 1. The van der Waals surface area contributed by atoms with E-state index in [2.05, 4.69) is 10.2 Å². The third-order valence-electron chi connectivity index (χ3n) is 5.34. The molecule has 0 radical (unpaired) electrons. The molecule has 1 atom stereocenters. The summed E-state index contributed by atoms with van der Waals surface area (Å²) in [5.74, 6) is 0.644. The third-order valence-corrected chi connectivity index (χ3v) is 5.59. The number of ether oxygens (including phenoxy) is 1. The standard InChI is InChI=1S/C20H21ClN2O3/c21-15-7-5-14(6-8-15)17(24)13-23-11-9-20(10-12-23)16-3-1-2-4-18(16)26-19(25)22-20/h1-8,17,24H,9-13H2,(H,22,25). The Balaban J connectivity index is 1.44. The van der Waals surface area contributed by atoms with Crippen LogP contribution >= 0.6 is 11.6 Å². The van der Waals surface area contributed by atoms with Crippen molar-refractivity contribution >= 4 is 17.7 Å². The molecular formula is C20H21ClN2O3. The number of carbonyl (C=O) groups excluding carboxylic acids is 1. The minimum Gasteiger partial charge on any atom is -0.410 e. The van der Waals surface area contributed by atoms with Crippen molar-refractivity contribution in [1.82, 2.24) is 10.2 Å². The molecule has 0 saturated carbocycles. The number of benzene rings is 2. The van der Waals surface area contributed by atoms with Gasteiger partial charge in [0.1, 0.15) is 5.75 Å². The third kappa shape index (κ3) is 3.30. The molecule has 2 N–H and O–H groups in total. The number of hydrogen-bond donors (Lipinski definition) is 2. The number of carbonyl (C=O) groups is 1. The van der Waals surface area contributed by atoms with Gasteiger partial charge >= 0.3 is 6.09 Å². The zero-order valence-electron chi connectivity index (χ0n) is 14.3. The smallest absolute Gasteiger partial charge is 0.410 e. The largest absolute Gasteiger partial charge is 0.413 e. The van der Waals surface area contributed by atoms with Crippen molar-refractivity contribution in [3.8, 4) is 5.75 Å². The molecule has 5 nitrogen and oxygen atoms in total. The van der Waals surface area contributed by atoms with Crippen LogP contribution in [0.25, 0.3) is 0 Å². The van der Waals surface area contributed by atoms with Crippen LogP contribution in [0.2, 0.25) is 5.02 Å². The molecule has 0 aliphatic carbocycles. The van der Waals surface area contributed by atoms with Crippen LogP contribution in [-0.2, 0) is 5.54 Å². The highest BCUT2D eigenvalue weighted by Gasteiger charge is 2.43. The molecule has 2 aromatic carbocycles. The minimum atomic E-state index is -0.558. The Morgan fingerprint density at radius 1 is 1.15 bits per heavy atom. The molecule has 1 saturated heterocycles. The number of fused-ring (bicyclic) bond motifs is 2. The van der Waals surface area contributed by atoms with Crippen LogP contribution in [0.3, 0.4) is 0 Å². The Morgan fingerprint density at radius 2 is 1.85 bits per heavy atom. The second-order valence-corrected chi connectivity index (χ2v) is 7.40. The van der Waals surface area contributed by atoms with E-state index in [1.807, 2.05) is 36.4 Å². The molecule has 26 heavy (non-hydrogen) atoms. The minimum absolute atomic E-state index is 0.381. The Hall–Kier alpha value is -2.08. The van der Waals surface area contributed by atoms with Gasteiger partial charge in [-0.1, -0.05) is 41.9 Å². The van der Waals surface area contributed by atoms with Gasteiger partial charge in [0.2, 0.25) is 0 Å². The van der Waals surface area contributed by atoms with Gasteiger partial charge in [-0.05, 0) is 36.6 Å². The molecule has 6 heteroatoms. The van der Waals surface area contributed by atoms with E-state index in [0.717, 1.165) is 37.1 Å². The zero-order chi connectivity index (χ0) is 18.1. The highest BCUT2D eigenvalue weighted by atomic mass is 35.5. The first-order chi connectivity index (χ1) is 12.6. The van der Waals surface area contributed by atoms with Crippen LogP contribution in [0.5, 0.6) is 5.75 Å². The van der Waals surface area contributed by atoms with Crippen LogP contribution in [0, 0.1) is 0 Å². The Kier molecular flexibility index (Phi) is 4.61. The van der Waals surface area contributed by atoms with Gasteiger partial charge in [-0.25, -0.2) is 4.79 Å². The van der Waals surface area contributed by atoms with Gasteiger partial charge in [0.05, 0.1) is 11.6 Å². The summed E-state index contributed by atoms with van der Waals surface area (Å²) in [5, 5.41) is 14.2. The molecule has 1 spiro atoms.